The Kier molecular flexibility index (Phi) is 5.08. The molecule has 1 atom stereocenters. The third-order valence-corrected chi connectivity index (χ3v) is 4.86. The molecule has 0 saturated heterocycles. The van der Waals surface area contributed by atoms with Gasteiger partial charge in [-0.05, 0) is 43.7 Å². The Morgan fingerprint density at radius 2 is 1.79 bits per heavy atom. The van der Waals surface area contributed by atoms with Crippen LogP contribution >= 0.6 is 0 Å². The fraction of sp³-hybridized carbons (Fsp3) is 0.174. The quantitative estimate of drug-likeness (QED) is 0.538. The number of aromatic nitrogens is 3. The molecule has 0 spiro atoms. The van der Waals surface area contributed by atoms with Gasteiger partial charge in [-0.3, -0.25) is 4.79 Å². The number of nitrogens with one attached hydrogen (secondary N) is 1. The maximum absolute atomic E-state index is 13.4. The van der Waals surface area contributed by atoms with Crippen molar-refractivity contribution in [3.63, 3.8) is 0 Å². The van der Waals surface area contributed by atoms with Gasteiger partial charge >= 0.3 is 0 Å². The first kappa shape index (κ1) is 18.8. The summed E-state index contributed by atoms with van der Waals surface area (Å²) in [5.74, 6) is -0.563. The first-order chi connectivity index (χ1) is 14.0. The lowest BCUT2D eigenvalue weighted by atomic mass is 10.1. The summed E-state index contributed by atoms with van der Waals surface area (Å²) in [4.78, 5) is 17.2. The number of carbonyl (C=O) groups excluding carboxylic acids is 1. The van der Waals surface area contributed by atoms with E-state index in [-0.39, 0.29) is 17.8 Å². The molecule has 4 aromatic rings. The van der Waals surface area contributed by atoms with Gasteiger partial charge < -0.3 is 5.32 Å². The molecule has 1 amide bonds. The minimum atomic E-state index is -0.320. The molecule has 1 N–H and O–H groups in total. The first-order valence-corrected chi connectivity index (χ1v) is 9.58. The van der Waals surface area contributed by atoms with E-state index in [2.05, 4.69) is 15.4 Å². The van der Waals surface area contributed by atoms with Gasteiger partial charge in [0.2, 0.25) is 0 Å². The van der Waals surface area contributed by atoms with Crippen molar-refractivity contribution in [1.82, 2.24) is 19.9 Å². The van der Waals surface area contributed by atoms with Gasteiger partial charge in [0, 0.05) is 23.2 Å². The summed E-state index contributed by atoms with van der Waals surface area (Å²) in [6.45, 7) is 3.96. The van der Waals surface area contributed by atoms with E-state index in [1.807, 2.05) is 50.2 Å². The molecule has 146 valence electrons. The third kappa shape index (κ3) is 3.87. The molecule has 0 saturated carbocycles. The number of hydrogen-bond donors (Lipinski definition) is 1. The summed E-state index contributed by atoms with van der Waals surface area (Å²) >= 11 is 0. The molecule has 0 fully saturated rings. The van der Waals surface area contributed by atoms with Gasteiger partial charge in [-0.25, -0.2) is 13.9 Å². The maximum Gasteiger partial charge on any atom is 0.270 e. The van der Waals surface area contributed by atoms with E-state index in [4.69, 9.17) is 0 Å². The van der Waals surface area contributed by atoms with Gasteiger partial charge in [0.1, 0.15) is 11.5 Å². The standard InChI is InChI=1S/C23H21FN4O/c1-3-15(2)25-23(29)20-13-21(17-9-11-18(24)12-10-17)28-22(26-20)14-19(27-28)16-7-5-4-6-8-16/h4-15H,3H2,1-2H3,(H,25,29)/t15-/m0/s1. The predicted molar refractivity (Wildman–Crippen MR) is 111 cm³/mol. The Labute approximate surface area is 168 Å². The van der Waals surface area contributed by atoms with Gasteiger partial charge in [-0.1, -0.05) is 37.3 Å². The van der Waals surface area contributed by atoms with Gasteiger partial charge in [0.25, 0.3) is 5.91 Å². The van der Waals surface area contributed by atoms with Crippen LogP contribution < -0.4 is 5.32 Å². The van der Waals surface area contributed by atoms with Crippen LogP contribution in [0, 0.1) is 5.82 Å². The van der Waals surface area contributed by atoms with Crippen LogP contribution in [0.5, 0.6) is 0 Å². The molecular formula is C23H21FN4O. The van der Waals surface area contributed by atoms with E-state index in [0.717, 1.165) is 23.2 Å². The first-order valence-electron chi connectivity index (χ1n) is 9.58. The molecule has 2 aromatic heterocycles. The number of halogens is 1. The molecule has 0 aliphatic heterocycles. The molecule has 0 aliphatic carbocycles. The van der Waals surface area contributed by atoms with Crippen LogP contribution in [0.15, 0.2) is 66.7 Å². The monoisotopic (exact) mass is 388 g/mol. The minimum absolute atomic E-state index is 0.0413. The Hall–Kier alpha value is -3.54. The Morgan fingerprint density at radius 3 is 2.48 bits per heavy atom. The van der Waals surface area contributed by atoms with Crippen molar-refractivity contribution in [3.8, 4) is 22.5 Å². The van der Waals surface area contributed by atoms with Gasteiger partial charge in [0.05, 0.1) is 11.4 Å². The number of fused-ring (bicyclic) bond motifs is 1. The molecule has 4 rings (SSSR count). The van der Waals surface area contributed by atoms with Crippen LogP contribution in [0.4, 0.5) is 4.39 Å². The van der Waals surface area contributed by atoms with Crippen molar-refractivity contribution in [2.45, 2.75) is 26.3 Å². The average Bonchev–Trinajstić information content (AvgIpc) is 3.18. The van der Waals surface area contributed by atoms with E-state index in [1.165, 1.54) is 12.1 Å². The molecule has 0 bridgehead atoms. The molecular weight excluding hydrogens is 367 g/mol. The van der Waals surface area contributed by atoms with Crippen LogP contribution in [0.1, 0.15) is 30.8 Å². The van der Waals surface area contributed by atoms with Gasteiger partial charge in [-0.2, -0.15) is 5.10 Å². The number of benzene rings is 2. The Morgan fingerprint density at radius 1 is 1.07 bits per heavy atom. The highest BCUT2D eigenvalue weighted by Crippen LogP contribution is 2.25. The summed E-state index contributed by atoms with van der Waals surface area (Å²) < 4.78 is 15.1. The summed E-state index contributed by atoms with van der Waals surface area (Å²) in [5.41, 5.74) is 3.98. The van der Waals surface area contributed by atoms with E-state index in [9.17, 15) is 9.18 Å². The van der Waals surface area contributed by atoms with Crippen molar-refractivity contribution >= 4 is 11.6 Å². The third-order valence-electron chi connectivity index (χ3n) is 4.86. The van der Waals surface area contributed by atoms with Crippen molar-refractivity contribution in [2.24, 2.45) is 0 Å². The molecule has 0 unspecified atom stereocenters. The highest BCUT2D eigenvalue weighted by Gasteiger charge is 2.17. The van der Waals surface area contributed by atoms with Gasteiger partial charge in [0.15, 0.2) is 5.65 Å². The highest BCUT2D eigenvalue weighted by molar-refractivity contribution is 5.94. The van der Waals surface area contributed by atoms with Crippen LogP contribution in [0.25, 0.3) is 28.2 Å². The minimum Gasteiger partial charge on any atom is -0.348 e. The number of carbonyl (C=O) groups is 1. The summed E-state index contributed by atoms with van der Waals surface area (Å²) in [5, 5.41) is 7.63. The zero-order chi connectivity index (χ0) is 20.4. The van der Waals surface area contributed by atoms with Crippen molar-refractivity contribution in [3.05, 3.63) is 78.2 Å². The summed E-state index contributed by atoms with van der Waals surface area (Å²) in [6, 6.07) is 19.5. The largest absolute Gasteiger partial charge is 0.348 e. The number of amides is 1. The zero-order valence-electron chi connectivity index (χ0n) is 16.3. The number of rotatable bonds is 5. The van der Waals surface area contributed by atoms with E-state index < -0.39 is 0 Å². The SMILES string of the molecule is CC[C@H](C)NC(=O)c1cc(-c2ccc(F)cc2)n2nc(-c3ccccc3)cc2n1. The topological polar surface area (TPSA) is 59.3 Å². The molecule has 6 heteroatoms. The maximum atomic E-state index is 13.4. The summed E-state index contributed by atoms with van der Waals surface area (Å²) in [7, 11) is 0. The second-order valence-electron chi connectivity index (χ2n) is 6.98. The normalized spacial score (nSPS) is 12.1. The molecule has 2 aromatic carbocycles. The Bertz CT molecular complexity index is 1150. The fourth-order valence-electron chi connectivity index (χ4n) is 3.07. The summed E-state index contributed by atoms with van der Waals surface area (Å²) in [6.07, 6.45) is 0.823. The molecule has 0 radical (unpaired) electrons. The molecule has 29 heavy (non-hydrogen) atoms. The fourth-order valence-corrected chi connectivity index (χ4v) is 3.07. The zero-order valence-corrected chi connectivity index (χ0v) is 16.3. The van der Waals surface area contributed by atoms with Crippen molar-refractivity contribution in [2.75, 3.05) is 0 Å². The van der Waals surface area contributed by atoms with Crippen LogP contribution in [-0.4, -0.2) is 26.5 Å². The lowest BCUT2D eigenvalue weighted by Gasteiger charge is -2.12. The predicted octanol–water partition coefficient (Wildman–Crippen LogP) is 4.73. The lowest BCUT2D eigenvalue weighted by Crippen LogP contribution is -2.32. The molecule has 0 aliphatic rings. The van der Waals surface area contributed by atoms with Crippen LogP contribution in [-0.2, 0) is 0 Å². The molecule has 2 heterocycles. The molecule has 5 nitrogen and oxygen atoms in total. The van der Waals surface area contributed by atoms with Crippen molar-refractivity contribution in [1.29, 1.82) is 0 Å². The average molecular weight is 388 g/mol. The smallest absolute Gasteiger partial charge is 0.270 e. The van der Waals surface area contributed by atoms with Crippen molar-refractivity contribution < 1.29 is 9.18 Å². The number of nitrogens with zero attached hydrogens (tertiary/aromatic N) is 3. The van der Waals surface area contributed by atoms with Crippen LogP contribution in [0.3, 0.4) is 0 Å². The Balaban J connectivity index is 1.88. The lowest BCUT2D eigenvalue weighted by molar-refractivity contribution is 0.0934. The van der Waals surface area contributed by atoms with Gasteiger partial charge in [-0.15, -0.1) is 0 Å². The van der Waals surface area contributed by atoms with E-state index >= 15 is 0 Å². The van der Waals surface area contributed by atoms with E-state index in [0.29, 0.717) is 17.0 Å². The van der Waals surface area contributed by atoms with E-state index in [1.54, 1.807) is 22.7 Å². The van der Waals surface area contributed by atoms with Crippen LogP contribution in [0.2, 0.25) is 0 Å². The second-order valence-corrected chi connectivity index (χ2v) is 6.98. The number of hydrogen-bond acceptors (Lipinski definition) is 3. The second kappa shape index (κ2) is 7.83. The highest BCUT2D eigenvalue weighted by atomic mass is 19.1.